The molecule has 1 N–H and O–H groups in total. The number of hydrogen-bond acceptors (Lipinski definition) is 5. The van der Waals surface area contributed by atoms with Gasteiger partial charge in [-0.2, -0.15) is 0 Å². The highest BCUT2D eigenvalue weighted by atomic mass is 32.2. The molecule has 18 heavy (non-hydrogen) atoms. The Balaban J connectivity index is 2.13. The molecule has 0 amide bonds. The molecule has 1 saturated heterocycles. The maximum absolute atomic E-state index is 11.0. The molecule has 106 valence electrons. The van der Waals surface area contributed by atoms with Crippen molar-refractivity contribution in [3.63, 3.8) is 0 Å². The molecule has 0 unspecified atom stereocenters. The molecular weight excluding hydrogens is 256 g/mol. The lowest BCUT2D eigenvalue weighted by Crippen LogP contribution is -2.47. The van der Waals surface area contributed by atoms with Gasteiger partial charge in [0, 0.05) is 39.0 Å². The van der Waals surface area contributed by atoms with E-state index in [1.807, 2.05) is 0 Å². The number of carboxylic acid groups (broad SMARTS) is 1. The number of rotatable bonds is 7. The standard InChI is InChI=1S/C11H22N2O4S/c1-18(16,17)10-2-4-12-6-8-13(9-7-12)5-3-11(14)15/h2-10H2,1H3,(H,14,15). The molecular formula is C11H22N2O4S. The monoisotopic (exact) mass is 278 g/mol. The first-order chi connectivity index (χ1) is 8.37. The van der Waals surface area contributed by atoms with E-state index in [1.54, 1.807) is 0 Å². The van der Waals surface area contributed by atoms with Crippen molar-refractivity contribution in [1.82, 2.24) is 9.80 Å². The van der Waals surface area contributed by atoms with Crippen molar-refractivity contribution in [1.29, 1.82) is 0 Å². The lowest BCUT2D eigenvalue weighted by Gasteiger charge is -2.34. The topological polar surface area (TPSA) is 77.9 Å². The summed E-state index contributed by atoms with van der Waals surface area (Å²) < 4.78 is 22.0. The zero-order valence-electron chi connectivity index (χ0n) is 10.8. The van der Waals surface area contributed by atoms with Crippen LogP contribution in [0.5, 0.6) is 0 Å². The van der Waals surface area contributed by atoms with Crippen molar-refractivity contribution in [2.24, 2.45) is 0 Å². The Morgan fingerprint density at radius 1 is 1.11 bits per heavy atom. The molecule has 0 aromatic heterocycles. The smallest absolute Gasteiger partial charge is 0.304 e. The Labute approximate surface area is 108 Å². The summed E-state index contributed by atoms with van der Waals surface area (Å²) in [7, 11) is -2.86. The van der Waals surface area contributed by atoms with E-state index in [1.165, 1.54) is 6.26 Å². The molecule has 1 heterocycles. The molecule has 1 fully saturated rings. The van der Waals surface area contributed by atoms with E-state index in [-0.39, 0.29) is 12.2 Å². The fraction of sp³-hybridized carbons (Fsp3) is 0.909. The molecule has 0 saturated carbocycles. The minimum atomic E-state index is -2.86. The molecule has 0 aromatic carbocycles. The number of aliphatic carboxylic acids is 1. The molecule has 1 aliphatic heterocycles. The highest BCUT2D eigenvalue weighted by Crippen LogP contribution is 2.04. The van der Waals surface area contributed by atoms with Gasteiger partial charge in [-0.25, -0.2) is 8.42 Å². The van der Waals surface area contributed by atoms with E-state index in [4.69, 9.17) is 5.11 Å². The molecule has 0 atom stereocenters. The Morgan fingerprint density at radius 2 is 1.61 bits per heavy atom. The molecule has 0 aromatic rings. The van der Waals surface area contributed by atoms with Crippen LogP contribution in [0.25, 0.3) is 0 Å². The third kappa shape index (κ3) is 6.93. The van der Waals surface area contributed by atoms with E-state index in [0.29, 0.717) is 13.0 Å². The molecule has 0 aliphatic carbocycles. The van der Waals surface area contributed by atoms with Crippen LogP contribution < -0.4 is 0 Å². The van der Waals surface area contributed by atoms with Gasteiger partial charge in [0.15, 0.2) is 0 Å². The first kappa shape index (κ1) is 15.4. The second-order valence-corrected chi connectivity index (χ2v) is 7.07. The normalized spacial score (nSPS) is 18.9. The largest absolute Gasteiger partial charge is 0.481 e. The Bertz CT molecular complexity index is 361. The summed E-state index contributed by atoms with van der Waals surface area (Å²) in [5, 5.41) is 8.59. The summed E-state index contributed by atoms with van der Waals surface area (Å²) >= 11 is 0. The number of piperazine rings is 1. The second kappa shape index (κ2) is 7.06. The number of carboxylic acids is 1. The predicted octanol–water partition coefficient (Wildman–Crippen LogP) is -0.487. The summed E-state index contributed by atoms with van der Waals surface area (Å²) in [5.41, 5.74) is 0. The maximum Gasteiger partial charge on any atom is 0.304 e. The van der Waals surface area contributed by atoms with Crippen molar-refractivity contribution in [2.45, 2.75) is 12.8 Å². The predicted molar refractivity (Wildman–Crippen MR) is 69.5 cm³/mol. The van der Waals surface area contributed by atoms with Crippen LogP contribution in [-0.2, 0) is 14.6 Å². The van der Waals surface area contributed by atoms with Crippen molar-refractivity contribution in [2.75, 3.05) is 51.3 Å². The van der Waals surface area contributed by atoms with Gasteiger partial charge in [0.25, 0.3) is 0 Å². The van der Waals surface area contributed by atoms with Gasteiger partial charge in [0.1, 0.15) is 9.84 Å². The first-order valence-corrected chi connectivity index (χ1v) is 8.27. The summed E-state index contributed by atoms with van der Waals surface area (Å²) in [6, 6.07) is 0. The fourth-order valence-corrected chi connectivity index (χ4v) is 2.69. The molecule has 0 spiro atoms. The van der Waals surface area contributed by atoms with Crippen molar-refractivity contribution >= 4 is 15.8 Å². The van der Waals surface area contributed by atoms with Crippen LogP contribution in [0.3, 0.4) is 0 Å². The molecule has 0 bridgehead atoms. The van der Waals surface area contributed by atoms with Gasteiger partial charge >= 0.3 is 5.97 Å². The number of sulfone groups is 1. The van der Waals surface area contributed by atoms with Crippen LogP contribution in [0, 0.1) is 0 Å². The third-order valence-electron chi connectivity index (χ3n) is 3.10. The van der Waals surface area contributed by atoms with Crippen LogP contribution in [-0.4, -0.2) is 80.6 Å². The first-order valence-electron chi connectivity index (χ1n) is 6.21. The summed E-state index contributed by atoms with van der Waals surface area (Å²) in [5.74, 6) is -0.516. The van der Waals surface area contributed by atoms with Gasteiger partial charge in [-0.05, 0) is 13.0 Å². The van der Waals surface area contributed by atoms with Gasteiger partial charge in [-0.3, -0.25) is 4.79 Å². The number of nitrogens with zero attached hydrogens (tertiary/aromatic N) is 2. The van der Waals surface area contributed by atoms with Crippen molar-refractivity contribution in [3.8, 4) is 0 Å². The molecule has 1 aliphatic rings. The average Bonchev–Trinajstić information content (AvgIpc) is 2.26. The quantitative estimate of drug-likeness (QED) is 0.677. The summed E-state index contributed by atoms with van der Waals surface area (Å²) in [6.45, 7) is 4.93. The third-order valence-corrected chi connectivity index (χ3v) is 4.13. The fourth-order valence-electron chi connectivity index (χ4n) is 2.04. The van der Waals surface area contributed by atoms with Gasteiger partial charge in [0.05, 0.1) is 12.2 Å². The van der Waals surface area contributed by atoms with E-state index >= 15 is 0 Å². The van der Waals surface area contributed by atoms with Gasteiger partial charge in [0.2, 0.25) is 0 Å². The van der Waals surface area contributed by atoms with E-state index < -0.39 is 15.8 Å². The SMILES string of the molecule is CS(=O)(=O)CCCN1CCN(CCC(=O)O)CC1. The zero-order valence-corrected chi connectivity index (χ0v) is 11.7. The highest BCUT2D eigenvalue weighted by molar-refractivity contribution is 7.90. The highest BCUT2D eigenvalue weighted by Gasteiger charge is 2.17. The zero-order chi connectivity index (χ0) is 13.6. The second-order valence-electron chi connectivity index (χ2n) is 4.81. The van der Waals surface area contributed by atoms with Crippen LogP contribution in [0.15, 0.2) is 0 Å². The Morgan fingerprint density at radius 3 is 2.06 bits per heavy atom. The van der Waals surface area contributed by atoms with E-state index in [9.17, 15) is 13.2 Å². The van der Waals surface area contributed by atoms with E-state index in [0.717, 1.165) is 32.7 Å². The van der Waals surface area contributed by atoms with Gasteiger partial charge in [-0.15, -0.1) is 0 Å². The van der Waals surface area contributed by atoms with Gasteiger partial charge < -0.3 is 14.9 Å². The van der Waals surface area contributed by atoms with Crippen LogP contribution in [0.1, 0.15) is 12.8 Å². The summed E-state index contributed by atoms with van der Waals surface area (Å²) in [4.78, 5) is 14.8. The molecule has 1 rings (SSSR count). The minimum absolute atomic E-state index is 0.189. The average molecular weight is 278 g/mol. The Kier molecular flexibility index (Phi) is 6.04. The number of carbonyl (C=O) groups is 1. The Hall–Kier alpha value is -0.660. The summed E-state index contributed by atoms with van der Waals surface area (Å²) in [6.07, 6.45) is 2.12. The maximum atomic E-state index is 11.0. The number of hydrogen-bond donors (Lipinski definition) is 1. The van der Waals surface area contributed by atoms with E-state index in [2.05, 4.69) is 9.80 Å². The van der Waals surface area contributed by atoms with Crippen LogP contribution >= 0.6 is 0 Å². The molecule has 7 heteroatoms. The lowest BCUT2D eigenvalue weighted by molar-refractivity contribution is -0.137. The van der Waals surface area contributed by atoms with Crippen molar-refractivity contribution < 1.29 is 18.3 Å². The molecule has 6 nitrogen and oxygen atoms in total. The van der Waals surface area contributed by atoms with Gasteiger partial charge in [-0.1, -0.05) is 0 Å². The van der Waals surface area contributed by atoms with Crippen LogP contribution in [0.4, 0.5) is 0 Å². The minimum Gasteiger partial charge on any atom is -0.481 e. The van der Waals surface area contributed by atoms with Crippen LogP contribution in [0.2, 0.25) is 0 Å². The molecule has 0 radical (unpaired) electrons. The lowest BCUT2D eigenvalue weighted by atomic mass is 10.2. The van der Waals surface area contributed by atoms with Crippen molar-refractivity contribution in [3.05, 3.63) is 0 Å².